The summed E-state index contributed by atoms with van der Waals surface area (Å²) in [6, 6.07) is 4.25. The molecule has 2 aliphatic rings. The molecule has 1 saturated heterocycles. The van der Waals surface area contributed by atoms with E-state index < -0.39 is 0 Å². The first-order chi connectivity index (χ1) is 12.7. The van der Waals surface area contributed by atoms with E-state index in [2.05, 4.69) is 34.2 Å². The zero-order chi connectivity index (χ0) is 18.4. The summed E-state index contributed by atoms with van der Waals surface area (Å²) in [5.41, 5.74) is 2.71. The molecule has 0 aliphatic carbocycles. The first-order valence-electron chi connectivity index (χ1n) is 9.74. The van der Waals surface area contributed by atoms with Crippen LogP contribution in [0.1, 0.15) is 30.9 Å². The van der Waals surface area contributed by atoms with Crippen molar-refractivity contribution >= 4 is 5.96 Å². The monoisotopic (exact) mass is 360 g/mol. The van der Waals surface area contributed by atoms with E-state index >= 15 is 0 Å². The van der Waals surface area contributed by atoms with Crippen molar-refractivity contribution in [1.82, 2.24) is 15.1 Å². The van der Waals surface area contributed by atoms with E-state index in [9.17, 15) is 0 Å². The smallest absolute Gasteiger partial charge is 0.193 e. The van der Waals surface area contributed by atoms with Gasteiger partial charge in [0.25, 0.3) is 0 Å². The van der Waals surface area contributed by atoms with Gasteiger partial charge in [-0.25, -0.2) is 0 Å². The second-order valence-electron chi connectivity index (χ2n) is 6.93. The molecule has 1 N–H and O–H groups in total. The summed E-state index contributed by atoms with van der Waals surface area (Å²) in [5.74, 6) is 2.72. The fraction of sp³-hybridized carbons (Fsp3) is 0.650. The summed E-state index contributed by atoms with van der Waals surface area (Å²) in [6.45, 7) is 9.15. The van der Waals surface area contributed by atoms with Gasteiger partial charge in [-0.3, -0.25) is 9.89 Å². The first-order valence-corrected chi connectivity index (χ1v) is 9.74. The molecule has 0 saturated carbocycles. The Morgan fingerprint density at radius 3 is 2.42 bits per heavy atom. The van der Waals surface area contributed by atoms with Gasteiger partial charge in [-0.2, -0.15) is 0 Å². The van der Waals surface area contributed by atoms with Crippen molar-refractivity contribution in [1.29, 1.82) is 0 Å². The number of nitrogens with one attached hydrogen (secondary N) is 1. The summed E-state index contributed by atoms with van der Waals surface area (Å²) in [7, 11) is 3.39. The molecule has 26 heavy (non-hydrogen) atoms. The molecule has 144 valence electrons. The Morgan fingerprint density at radius 1 is 1.08 bits per heavy atom. The number of ether oxygens (including phenoxy) is 2. The molecule has 0 radical (unpaired) electrons. The number of fused-ring (bicyclic) bond motifs is 1. The minimum atomic E-state index is 0.814. The van der Waals surface area contributed by atoms with Crippen LogP contribution in [-0.2, 0) is 13.0 Å². The fourth-order valence-electron chi connectivity index (χ4n) is 3.78. The van der Waals surface area contributed by atoms with Gasteiger partial charge in [0, 0.05) is 39.3 Å². The molecule has 0 atom stereocenters. The lowest BCUT2D eigenvalue weighted by Crippen LogP contribution is -2.40. The highest BCUT2D eigenvalue weighted by Crippen LogP contribution is 2.33. The second-order valence-corrected chi connectivity index (χ2v) is 6.93. The van der Waals surface area contributed by atoms with Crippen LogP contribution < -0.4 is 14.8 Å². The molecule has 2 heterocycles. The van der Waals surface area contributed by atoms with E-state index in [1.54, 1.807) is 14.2 Å². The average molecular weight is 361 g/mol. The highest BCUT2D eigenvalue weighted by Gasteiger charge is 2.20. The normalized spacial score (nSPS) is 18.0. The van der Waals surface area contributed by atoms with E-state index in [0.717, 1.165) is 69.7 Å². The predicted octanol–water partition coefficient (Wildman–Crippen LogP) is 2.12. The Morgan fingerprint density at radius 2 is 1.77 bits per heavy atom. The molecule has 6 heteroatoms. The molecule has 3 rings (SSSR count). The maximum absolute atomic E-state index is 5.45. The first kappa shape index (κ1) is 18.8. The molecule has 0 unspecified atom stereocenters. The molecular formula is C20H32N4O2. The quantitative estimate of drug-likeness (QED) is 0.622. The Labute approximate surface area is 157 Å². The Hall–Kier alpha value is -1.95. The fourth-order valence-corrected chi connectivity index (χ4v) is 3.78. The minimum absolute atomic E-state index is 0.814. The SMILES string of the molecule is CCNC(=NCCN1CCc2cc(OC)c(OC)cc2C1)N1CCCC1. The van der Waals surface area contributed by atoms with Crippen LogP contribution in [0.2, 0.25) is 0 Å². The van der Waals surface area contributed by atoms with Gasteiger partial charge in [0.1, 0.15) is 0 Å². The van der Waals surface area contributed by atoms with Crippen LogP contribution in [-0.4, -0.2) is 69.2 Å². The molecule has 2 aliphatic heterocycles. The number of aliphatic imine (C=N–C) groups is 1. The molecule has 0 aromatic heterocycles. The minimum Gasteiger partial charge on any atom is -0.493 e. The summed E-state index contributed by atoms with van der Waals surface area (Å²) < 4.78 is 10.9. The van der Waals surface area contributed by atoms with Crippen LogP contribution in [0.25, 0.3) is 0 Å². The van der Waals surface area contributed by atoms with E-state index in [4.69, 9.17) is 14.5 Å². The van der Waals surface area contributed by atoms with Gasteiger partial charge in [0.05, 0.1) is 20.8 Å². The number of rotatable bonds is 6. The predicted molar refractivity (Wildman–Crippen MR) is 105 cm³/mol. The molecular weight excluding hydrogens is 328 g/mol. The van der Waals surface area contributed by atoms with Crippen molar-refractivity contribution < 1.29 is 9.47 Å². The number of benzene rings is 1. The van der Waals surface area contributed by atoms with Gasteiger partial charge in [0.15, 0.2) is 17.5 Å². The van der Waals surface area contributed by atoms with Gasteiger partial charge in [-0.15, -0.1) is 0 Å². The van der Waals surface area contributed by atoms with Crippen LogP contribution in [0.4, 0.5) is 0 Å². The van der Waals surface area contributed by atoms with Crippen LogP contribution >= 0.6 is 0 Å². The third-order valence-electron chi connectivity index (χ3n) is 5.22. The van der Waals surface area contributed by atoms with E-state index in [0.29, 0.717) is 0 Å². The third kappa shape index (κ3) is 4.41. The van der Waals surface area contributed by atoms with Crippen molar-refractivity contribution in [2.45, 2.75) is 32.7 Å². The maximum Gasteiger partial charge on any atom is 0.193 e. The highest BCUT2D eigenvalue weighted by molar-refractivity contribution is 5.80. The molecule has 6 nitrogen and oxygen atoms in total. The van der Waals surface area contributed by atoms with Crippen LogP contribution in [0.5, 0.6) is 11.5 Å². The lowest BCUT2D eigenvalue weighted by Gasteiger charge is -2.29. The van der Waals surface area contributed by atoms with Crippen LogP contribution in [0.3, 0.4) is 0 Å². The molecule has 0 spiro atoms. The molecule has 1 aromatic carbocycles. The van der Waals surface area contributed by atoms with Gasteiger partial charge in [0.2, 0.25) is 0 Å². The second kappa shape index (κ2) is 9.12. The zero-order valence-corrected chi connectivity index (χ0v) is 16.4. The molecule has 0 amide bonds. The van der Waals surface area contributed by atoms with Crippen molar-refractivity contribution in [3.63, 3.8) is 0 Å². The third-order valence-corrected chi connectivity index (χ3v) is 5.22. The average Bonchev–Trinajstić information content (AvgIpc) is 3.20. The lowest BCUT2D eigenvalue weighted by atomic mass is 9.99. The summed E-state index contributed by atoms with van der Waals surface area (Å²) >= 11 is 0. The van der Waals surface area contributed by atoms with Gasteiger partial charge >= 0.3 is 0 Å². The lowest BCUT2D eigenvalue weighted by molar-refractivity contribution is 0.259. The standard InChI is InChI=1S/C20H32N4O2/c1-4-21-20(24-9-5-6-10-24)22-8-12-23-11-7-16-13-18(25-2)19(26-3)14-17(16)15-23/h13-14H,4-12,15H2,1-3H3,(H,21,22). The van der Waals surface area contributed by atoms with E-state index in [-0.39, 0.29) is 0 Å². The van der Waals surface area contributed by atoms with Gasteiger partial charge in [-0.1, -0.05) is 0 Å². The number of hydrogen-bond acceptors (Lipinski definition) is 4. The zero-order valence-electron chi connectivity index (χ0n) is 16.4. The number of likely N-dealkylation sites (tertiary alicyclic amines) is 1. The van der Waals surface area contributed by atoms with Gasteiger partial charge in [-0.05, 0) is 49.4 Å². The summed E-state index contributed by atoms with van der Waals surface area (Å²) in [6.07, 6.45) is 3.60. The number of methoxy groups -OCH3 is 2. The van der Waals surface area contributed by atoms with E-state index in [1.165, 1.54) is 24.0 Å². The Balaban J connectivity index is 1.59. The molecule has 1 aromatic rings. The molecule has 0 bridgehead atoms. The Bertz CT molecular complexity index is 626. The van der Waals surface area contributed by atoms with E-state index in [1.807, 2.05) is 0 Å². The number of hydrogen-bond donors (Lipinski definition) is 1. The maximum atomic E-state index is 5.45. The highest BCUT2D eigenvalue weighted by atomic mass is 16.5. The van der Waals surface area contributed by atoms with Crippen molar-refractivity contribution in [3.05, 3.63) is 23.3 Å². The van der Waals surface area contributed by atoms with Crippen LogP contribution in [0.15, 0.2) is 17.1 Å². The van der Waals surface area contributed by atoms with Gasteiger partial charge < -0.3 is 19.7 Å². The van der Waals surface area contributed by atoms with Crippen molar-refractivity contribution in [3.8, 4) is 11.5 Å². The van der Waals surface area contributed by atoms with Crippen molar-refractivity contribution in [2.24, 2.45) is 4.99 Å². The Kier molecular flexibility index (Phi) is 6.61. The topological polar surface area (TPSA) is 49.3 Å². The van der Waals surface area contributed by atoms with Crippen LogP contribution in [0, 0.1) is 0 Å². The summed E-state index contributed by atoms with van der Waals surface area (Å²) in [5, 5.41) is 3.43. The largest absolute Gasteiger partial charge is 0.493 e. The van der Waals surface area contributed by atoms with Crippen molar-refractivity contribution in [2.75, 3.05) is 53.5 Å². The summed E-state index contributed by atoms with van der Waals surface area (Å²) in [4.78, 5) is 9.71. The number of nitrogens with zero attached hydrogens (tertiary/aromatic N) is 3. The number of guanidine groups is 1. The molecule has 1 fully saturated rings.